The minimum absolute atomic E-state index is 0.226. The number of hydrogen-bond acceptors (Lipinski definition) is 3. The highest BCUT2D eigenvalue weighted by atomic mass is 35.5. The monoisotopic (exact) mass is 159 g/mol. The molecule has 0 aromatic carbocycles. The molecule has 1 rings (SSSR count). The maximum Gasteiger partial charge on any atom is 0.181 e. The fourth-order valence-electron chi connectivity index (χ4n) is 0.580. The molecule has 1 heterocycles. The minimum Gasteiger partial charge on any atom is -0.364 e. The maximum absolute atomic E-state index is 8.64. The van der Waals surface area contributed by atoms with Crippen molar-refractivity contribution in [2.24, 2.45) is 0 Å². The number of aliphatic hydroxyl groups excluding tert-OH is 1. The lowest BCUT2D eigenvalue weighted by Gasteiger charge is -2.03. The molecule has 0 saturated carbocycles. The summed E-state index contributed by atoms with van der Waals surface area (Å²) >= 11 is 5.56. The molecular formula is C6H6ClNO2. The molecule has 0 unspecified atom stereocenters. The van der Waals surface area contributed by atoms with Crippen LogP contribution in [0.25, 0.3) is 0 Å². The Bertz CT molecular complexity index is 227. The Balaban J connectivity index is 3.03. The van der Waals surface area contributed by atoms with Gasteiger partial charge in [-0.05, 0) is 6.07 Å². The zero-order valence-corrected chi connectivity index (χ0v) is 5.78. The van der Waals surface area contributed by atoms with E-state index in [2.05, 4.69) is 4.98 Å². The van der Waals surface area contributed by atoms with Crippen LogP contribution in [0, 0.1) is 0 Å². The van der Waals surface area contributed by atoms with Crippen LogP contribution in [0.4, 0.5) is 0 Å². The van der Waals surface area contributed by atoms with E-state index in [9.17, 15) is 0 Å². The topological polar surface area (TPSA) is 53.4 Å². The summed E-state index contributed by atoms with van der Waals surface area (Å²) in [5, 5.41) is 17.6. The third kappa shape index (κ3) is 1.44. The molecule has 0 aliphatic rings. The van der Waals surface area contributed by atoms with E-state index in [0.29, 0.717) is 5.02 Å². The molecule has 3 nitrogen and oxygen atoms in total. The molecule has 54 valence electrons. The lowest BCUT2D eigenvalue weighted by atomic mass is 10.3. The summed E-state index contributed by atoms with van der Waals surface area (Å²) in [6.07, 6.45) is 1.25. The van der Waals surface area contributed by atoms with Crippen molar-refractivity contribution in [2.75, 3.05) is 0 Å². The molecule has 0 aliphatic carbocycles. The Morgan fingerprint density at radius 2 is 2.20 bits per heavy atom. The summed E-state index contributed by atoms with van der Waals surface area (Å²) in [5.41, 5.74) is 0.226. The third-order valence-corrected chi connectivity index (χ3v) is 1.42. The van der Waals surface area contributed by atoms with E-state index in [-0.39, 0.29) is 5.56 Å². The number of rotatable bonds is 1. The van der Waals surface area contributed by atoms with Gasteiger partial charge in [0.1, 0.15) is 0 Å². The molecule has 0 atom stereocenters. The summed E-state index contributed by atoms with van der Waals surface area (Å²) in [4.78, 5) is 3.66. The molecule has 1 aromatic rings. The van der Waals surface area contributed by atoms with Crippen LogP contribution in [0.1, 0.15) is 11.9 Å². The van der Waals surface area contributed by atoms with Crippen LogP contribution in [0.2, 0.25) is 5.02 Å². The van der Waals surface area contributed by atoms with E-state index in [4.69, 9.17) is 21.8 Å². The number of hydrogen-bond donors (Lipinski definition) is 2. The van der Waals surface area contributed by atoms with Gasteiger partial charge in [0.25, 0.3) is 0 Å². The summed E-state index contributed by atoms with van der Waals surface area (Å²) in [7, 11) is 0. The highest BCUT2D eigenvalue weighted by molar-refractivity contribution is 6.31. The van der Waals surface area contributed by atoms with Gasteiger partial charge < -0.3 is 10.2 Å². The number of halogens is 1. The van der Waals surface area contributed by atoms with E-state index in [0.717, 1.165) is 0 Å². The Morgan fingerprint density at radius 1 is 1.50 bits per heavy atom. The van der Waals surface area contributed by atoms with E-state index in [1.165, 1.54) is 18.5 Å². The van der Waals surface area contributed by atoms with Crippen LogP contribution in [-0.4, -0.2) is 15.2 Å². The van der Waals surface area contributed by atoms with Gasteiger partial charge in [-0.25, -0.2) is 0 Å². The molecule has 0 spiro atoms. The molecule has 2 N–H and O–H groups in total. The van der Waals surface area contributed by atoms with Crippen LogP contribution in [0.15, 0.2) is 18.5 Å². The summed E-state index contributed by atoms with van der Waals surface area (Å²) < 4.78 is 0. The standard InChI is InChI=1S/C6H6ClNO2/c7-5-1-2-8-3-4(5)6(9)10/h1-3,6,9-10H. The summed E-state index contributed by atoms with van der Waals surface area (Å²) in [6, 6.07) is 1.50. The molecular weight excluding hydrogens is 154 g/mol. The second-order valence-electron chi connectivity index (χ2n) is 1.77. The van der Waals surface area contributed by atoms with Crippen LogP contribution in [0.3, 0.4) is 0 Å². The van der Waals surface area contributed by atoms with Gasteiger partial charge in [0, 0.05) is 18.0 Å². The highest BCUT2D eigenvalue weighted by Gasteiger charge is 2.05. The fourth-order valence-corrected chi connectivity index (χ4v) is 0.782. The quantitative estimate of drug-likeness (QED) is 0.594. The fraction of sp³-hybridized carbons (Fsp3) is 0.167. The first-order valence-electron chi connectivity index (χ1n) is 2.67. The van der Waals surface area contributed by atoms with Gasteiger partial charge in [0.15, 0.2) is 6.29 Å². The summed E-state index contributed by atoms with van der Waals surface area (Å²) in [5.74, 6) is 0. The average molecular weight is 160 g/mol. The Hall–Kier alpha value is -0.640. The van der Waals surface area contributed by atoms with E-state index in [1.807, 2.05) is 0 Å². The van der Waals surface area contributed by atoms with Crippen molar-refractivity contribution in [3.05, 3.63) is 29.0 Å². The number of aromatic nitrogens is 1. The molecule has 4 heteroatoms. The zero-order chi connectivity index (χ0) is 7.56. The van der Waals surface area contributed by atoms with Crippen molar-refractivity contribution in [2.45, 2.75) is 6.29 Å². The second kappa shape index (κ2) is 2.96. The molecule has 0 saturated heterocycles. The van der Waals surface area contributed by atoms with Gasteiger partial charge in [-0.2, -0.15) is 0 Å². The van der Waals surface area contributed by atoms with Crippen LogP contribution < -0.4 is 0 Å². The number of pyridine rings is 1. The minimum atomic E-state index is -1.54. The van der Waals surface area contributed by atoms with Crippen molar-refractivity contribution < 1.29 is 10.2 Å². The van der Waals surface area contributed by atoms with Gasteiger partial charge in [0.2, 0.25) is 0 Å². The van der Waals surface area contributed by atoms with Crippen molar-refractivity contribution in [1.82, 2.24) is 4.98 Å². The summed E-state index contributed by atoms with van der Waals surface area (Å²) in [6.45, 7) is 0. The van der Waals surface area contributed by atoms with E-state index >= 15 is 0 Å². The van der Waals surface area contributed by atoms with E-state index in [1.54, 1.807) is 0 Å². The van der Waals surface area contributed by atoms with Gasteiger partial charge in [-0.15, -0.1) is 0 Å². The van der Waals surface area contributed by atoms with Crippen molar-refractivity contribution in [3.63, 3.8) is 0 Å². The lowest BCUT2D eigenvalue weighted by Crippen LogP contribution is -1.95. The lowest BCUT2D eigenvalue weighted by molar-refractivity contribution is -0.0426. The third-order valence-electron chi connectivity index (χ3n) is 1.07. The predicted molar refractivity (Wildman–Crippen MR) is 36.4 cm³/mol. The first-order valence-corrected chi connectivity index (χ1v) is 3.05. The Morgan fingerprint density at radius 3 is 2.60 bits per heavy atom. The maximum atomic E-state index is 8.64. The normalized spacial score (nSPS) is 10.4. The van der Waals surface area contributed by atoms with Crippen molar-refractivity contribution in [1.29, 1.82) is 0 Å². The predicted octanol–water partition coefficient (Wildman–Crippen LogP) is 0.718. The molecule has 0 bridgehead atoms. The van der Waals surface area contributed by atoms with Gasteiger partial charge in [-0.3, -0.25) is 4.98 Å². The number of aliphatic hydroxyl groups is 2. The largest absolute Gasteiger partial charge is 0.364 e. The van der Waals surface area contributed by atoms with E-state index < -0.39 is 6.29 Å². The highest BCUT2D eigenvalue weighted by Crippen LogP contribution is 2.18. The zero-order valence-electron chi connectivity index (χ0n) is 5.03. The smallest absolute Gasteiger partial charge is 0.181 e. The molecule has 0 fully saturated rings. The Labute approximate surface area is 62.9 Å². The molecule has 10 heavy (non-hydrogen) atoms. The first kappa shape index (κ1) is 7.47. The molecule has 0 amide bonds. The van der Waals surface area contributed by atoms with Gasteiger partial charge >= 0.3 is 0 Å². The SMILES string of the molecule is OC(O)c1cnccc1Cl. The first-order chi connectivity index (χ1) is 4.72. The molecule has 0 radical (unpaired) electrons. The number of nitrogens with zero attached hydrogens (tertiary/aromatic N) is 1. The second-order valence-corrected chi connectivity index (χ2v) is 2.18. The van der Waals surface area contributed by atoms with Crippen LogP contribution in [-0.2, 0) is 0 Å². The average Bonchev–Trinajstić information content (AvgIpc) is 1.88. The molecule has 0 aliphatic heterocycles. The van der Waals surface area contributed by atoms with Gasteiger partial charge in [-0.1, -0.05) is 11.6 Å². The Kier molecular flexibility index (Phi) is 2.21. The van der Waals surface area contributed by atoms with Crippen molar-refractivity contribution in [3.8, 4) is 0 Å². The van der Waals surface area contributed by atoms with Crippen LogP contribution >= 0.6 is 11.6 Å². The van der Waals surface area contributed by atoms with Crippen LogP contribution in [0.5, 0.6) is 0 Å². The van der Waals surface area contributed by atoms with Crippen molar-refractivity contribution >= 4 is 11.6 Å². The molecule has 1 aromatic heterocycles. The van der Waals surface area contributed by atoms with Gasteiger partial charge in [0.05, 0.1) is 5.02 Å².